The Kier molecular flexibility index (Phi) is 3.90. The first kappa shape index (κ1) is 12.9. The van der Waals surface area contributed by atoms with Gasteiger partial charge in [0.2, 0.25) is 11.8 Å². The highest BCUT2D eigenvalue weighted by Crippen LogP contribution is 2.27. The number of ether oxygens (including phenoxy) is 1. The van der Waals surface area contributed by atoms with Crippen LogP contribution in [0.5, 0.6) is 5.88 Å². The molecule has 98 valence electrons. The van der Waals surface area contributed by atoms with Gasteiger partial charge in [0, 0.05) is 11.8 Å². The first-order valence-electron chi connectivity index (χ1n) is 5.79. The predicted molar refractivity (Wildman–Crippen MR) is 74.0 cm³/mol. The molecule has 0 aliphatic heterocycles. The van der Waals surface area contributed by atoms with Gasteiger partial charge >= 0.3 is 0 Å². The van der Waals surface area contributed by atoms with Crippen LogP contribution in [-0.2, 0) is 0 Å². The molecule has 0 aliphatic rings. The van der Waals surface area contributed by atoms with Gasteiger partial charge < -0.3 is 10.5 Å². The second kappa shape index (κ2) is 5.43. The number of hydrogen-bond donors (Lipinski definition) is 1. The van der Waals surface area contributed by atoms with Crippen LogP contribution in [0.15, 0.2) is 6.33 Å². The summed E-state index contributed by atoms with van der Waals surface area (Å²) in [4.78, 5) is 12.6. The summed E-state index contributed by atoms with van der Waals surface area (Å²) in [7, 11) is 1.56. The average Bonchev–Trinajstić information content (AvgIpc) is 2.71. The van der Waals surface area contributed by atoms with Crippen molar-refractivity contribution in [3.63, 3.8) is 0 Å². The highest BCUT2D eigenvalue weighted by molar-refractivity contribution is 7.99. The van der Waals surface area contributed by atoms with Crippen LogP contribution in [0.4, 0.5) is 5.95 Å². The minimum Gasteiger partial charge on any atom is -0.479 e. The summed E-state index contributed by atoms with van der Waals surface area (Å²) in [6.07, 6.45) is 1.47. The average molecular weight is 267 g/mol. The molecule has 2 N–H and O–H groups in total. The number of aromatic nitrogens is 4. The summed E-state index contributed by atoms with van der Waals surface area (Å²) >= 11 is 1.86. The summed E-state index contributed by atoms with van der Waals surface area (Å²) in [6, 6.07) is 0.236. The van der Waals surface area contributed by atoms with Gasteiger partial charge in [0.1, 0.15) is 6.33 Å². The molecule has 0 amide bonds. The van der Waals surface area contributed by atoms with E-state index in [1.165, 1.54) is 6.33 Å². The zero-order valence-corrected chi connectivity index (χ0v) is 11.6. The van der Waals surface area contributed by atoms with Crippen molar-refractivity contribution >= 4 is 28.9 Å². The lowest BCUT2D eigenvalue weighted by Gasteiger charge is -2.14. The number of thioether (sulfide) groups is 1. The number of nitrogens with zero attached hydrogens (tertiary/aromatic N) is 4. The van der Waals surface area contributed by atoms with Gasteiger partial charge in [-0.1, -0.05) is 6.92 Å². The van der Waals surface area contributed by atoms with Crippen LogP contribution in [0, 0.1) is 0 Å². The molecule has 0 saturated heterocycles. The van der Waals surface area contributed by atoms with E-state index in [9.17, 15) is 0 Å². The lowest BCUT2D eigenvalue weighted by atomic mass is 10.4. The molecular weight excluding hydrogens is 250 g/mol. The van der Waals surface area contributed by atoms with Crippen LogP contribution >= 0.6 is 11.8 Å². The van der Waals surface area contributed by atoms with Crippen molar-refractivity contribution in [3.05, 3.63) is 6.33 Å². The van der Waals surface area contributed by atoms with Crippen LogP contribution in [0.1, 0.15) is 19.9 Å². The van der Waals surface area contributed by atoms with Gasteiger partial charge in [0.25, 0.3) is 0 Å². The van der Waals surface area contributed by atoms with Gasteiger partial charge in [-0.2, -0.15) is 16.7 Å². The smallest absolute Gasteiger partial charge is 0.245 e. The van der Waals surface area contributed by atoms with Crippen molar-refractivity contribution in [2.24, 2.45) is 0 Å². The zero-order chi connectivity index (χ0) is 13.1. The normalized spacial score (nSPS) is 12.8. The van der Waals surface area contributed by atoms with Gasteiger partial charge in [0.15, 0.2) is 11.2 Å². The topological polar surface area (TPSA) is 78.9 Å². The van der Waals surface area contributed by atoms with Crippen molar-refractivity contribution in [1.82, 2.24) is 19.5 Å². The minimum absolute atomic E-state index is 0.236. The van der Waals surface area contributed by atoms with Crippen LogP contribution < -0.4 is 10.5 Å². The van der Waals surface area contributed by atoms with Crippen LogP contribution in [-0.4, -0.2) is 38.1 Å². The van der Waals surface area contributed by atoms with E-state index in [4.69, 9.17) is 10.5 Å². The number of fused-ring (bicyclic) bond motifs is 1. The Morgan fingerprint density at radius 1 is 1.50 bits per heavy atom. The van der Waals surface area contributed by atoms with Crippen molar-refractivity contribution < 1.29 is 4.74 Å². The molecule has 2 heterocycles. The number of nitrogens with two attached hydrogens (primary N) is 1. The first-order chi connectivity index (χ1) is 8.69. The molecule has 1 unspecified atom stereocenters. The van der Waals surface area contributed by atoms with E-state index in [1.54, 1.807) is 7.11 Å². The minimum atomic E-state index is 0.236. The Balaban J connectivity index is 2.47. The van der Waals surface area contributed by atoms with Gasteiger partial charge in [-0.05, 0) is 12.7 Å². The predicted octanol–water partition coefficient (Wildman–Crippen LogP) is 1.73. The van der Waals surface area contributed by atoms with E-state index in [0.29, 0.717) is 17.3 Å². The third-order valence-electron chi connectivity index (χ3n) is 2.67. The van der Waals surface area contributed by atoms with Crippen molar-refractivity contribution in [2.45, 2.75) is 19.9 Å². The Bertz CT molecular complexity index is 541. The number of hydrogen-bond acceptors (Lipinski definition) is 6. The summed E-state index contributed by atoms with van der Waals surface area (Å²) < 4.78 is 7.10. The number of methoxy groups -OCH3 is 1. The molecule has 0 saturated carbocycles. The largest absolute Gasteiger partial charge is 0.479 e. The maximum Gasteiger partial charge on any atom is 0.245 e. The van der Waals surface area contributed by atoms with Crippen molar-refractivity contribution in [3.8, 4) is 5.88 Å². The van der Waals surface area contributed by atoms with Crippen LogP contribution in [0.2, 0.25) is 0 Å². The van der Waals surface area contributed by atoms with Crippen molar-refractivity contribution in [1.29, 1.82) is 0 Å². The fourth-order valence-corrected chi connectivity index (χ4v) is 2.58. The zero-order valence-electron chi connectivity index (χ0n) is 10.8. The monoisotopic (exact) mass is 267 g/mol. The molecule has 2 aromatic rings. The Morgan fingerprint density at radius 2 is 2.28 bits per heavy atom. The number of anilines is 1. The molecule has 1 atom stereocenters. The van der Waals surface area contributed by atoms with E-state index in [0.717, 1.165) is 17.2 Å². The SMILES string of the molecule is CCSCC(C)n1c(N)nc2c(OC)ncnc21. The third-order valence-corrected chi connectivity index (χ3v) is 3.79. The van der Waals surface area contributed by atoms with Crippen LogP contribution in [0.3, 0.4) is 0 Å². The maximum absolute atomic E-state index is 5.97. The first-order valence-corrected chi connectivity index (χ1v) is 6.94. The molecule has 0 aromatic carbocycles. The van der Waals surface area contributed by atoms with E-state index in [1.807, 2.05) is 16.3 Å². The standard InChI is InChI=1S/C11H17N5OS/c1-4-18-5-7(2)16-9-8(15-11(16)12)10(17-3)14-6-13-9/h6-7H,4-5H2,1-3H3,(H2,12,15). The van der Waals surface area contributed by atoms with Gasteiger partial charge in [-0.25, -0.2) is 9.97 Å². The van der Waals surface area contributed by atoms with Crippen molar-refractivity contribution in [2.75, 3.05) is 24.3 Å². The quantitative estimate of drug-likeness (QED) is 0.888. The summed E-state index contributed by atoms with van der Waals surface area (Å²) in [5.41, 5.74) is 7.31. The lowest BCUT2D eigenvalue weighted by molar-refractivity contribution is 0.401. The third kappa shape index (κ3) is 2.22. The van der Waals surface area contributed by atoms with Gasteiger partial charge in [0.05, 0.1) is 7.11 Å². The lowest BCUT2D eigenvalue weighted by Crippen LogP contribution is -2.11. The number of rotatable bonds is 5. The number of nitrogen functional groups attached to an aromatic ring is 1. The van der Waals surface area contributed by atoms with E-state index in [2.05, 4.69) is 28.8 Å². The summed E-state index contributed by atoms with van der Waals surface area (Å²) in [5, 5.41) is 0. The fourth-order valence-electron chi connectivity index (χ4n) is 1.85. The molecule has 2 rings (SSSR count). The Labute approximate surface area is 110 Å². The van der Waals surface area contributed by atoms with Crippen LogP contribution in [0.25, 0.3) is 11.2 Å². The number of imidazole rings is 1. The molecule has 18 heavy (non-hydrogen) atoms. The van der Waals surface area contributed by atoms with E-state index < -0.39 is 0 Å². The molecular formula is C11H17N5OS. The molecule has 0 fully saturated rings. The maximum atomic E-state index is 5.97. The molecule has 0 radical (unpaired) electrons. The van der Waals surface area contributed by atoms with E-state index in [-0.39, 0.29) is 6.04 Å². The molecule has 2 aromatic heterocycles. The molecule has 0 bridgehead atoms. The van der Waals surface area contributed by atoms with E-state index >= 15 is 0 Å². The summed E-state index contributed by atoms with van der Waals surface area (Å²) in [5.74, 6) is 2.96. The fraction of sp³-hybridized carbons (Fsp3) is 0.545. The second-order valence-electron chi connectivity index (χ2n) is 3.90. The van der Waals surface area contributed by atoms with Gasteiger partial charge in [-0.15, -0.1) is 0 Å². The second-order valence-corrected chi connectivity index (χ2v) is 5.22. The molecule has 0 spiro atoms. The highest BCUT2D eigenvalue weighted by atomic mass is 32.2. The van der Waals surface area contributed by atoms with Gasteiger partial charge in [-0.3, -0.25) is 4.57 Å². The molecule has 7 heteroatoms. The summed E-state index contributed by atoms with van der Waals surface area (Å²) in [6.45, 7) is 4.24. The Hall–Kier alpha value is -1.50. The molecule has 0 aliphatic carbocycles. The highest BCUT2D eigenvalue weighted by Gasteiger charge is 2.18. The Morgan fingerprint density at radius 3 is 2.94 bits per heavy atom. The molecule has 6 nitrogen and oxygen atoms in total.